The van der Waals surface area contributed by atoms with Gasteiger partial charge in [-0.3, -0.25) is 0 Å². The highest BCUT2D eigenvalue weighted by atomic mass is 32.2. The van der Waals surface area contributed by atoms with Crippen molar-refractivity contribution in [1.29, 1.82) is 5.26 Å². The Morgan fingerprint density at radius 1 is 1.29 bits per heavy atom. The molecule has 0 fully saturated rings. The molecule has 0 saturated heterocycles. The monoisotopic (exact) mass is 241 g/mol. The number of rotatable bonds is 3. The maximum absolute atomic E-state index is 8.67. The summed E-state index contributed by atoms with van der Waals surface area (Å²) in [4.78, 5) is 5.36. The van der Waals surface area contributed by atoms with E-state index in [-0.39, 0.29) is 0 Å². The summed E-state index contributed by atoms with van der Waals surface area (Å²) in [7, 11) is 0. The van der Waals surface area contributed by atoms with Gasteiger partial charge in [0.1, 0.15) is 11.9 Å². The molecule has 0 aliphatic heterocycles. The number of nitrogens with one attached hydrogen (secondary N) is 1. The second-order valence-corrected chi connectivity index (χ2v) is 4.28. The number of benzene rings is 1. The first-order chi connectivity index (χ1) is 8.31. The number of hydrogen-bond acceptors (Lipinski definition) is 4. The van der Waals surface area contributed by atoms with Crippen LogP contribution in [-0.4, -0.2) is 11.2 Å². The van der Waals surface area contributed by atoms with E-state index in [0.29, 0.717) is 5.56 Å². The maximum Gasteiger partial charge on any atom is 0.130 e. The van der Waals surface area contributed by atoms with E-state index < -0.39 is 0 Å². The molecule has 0 saturated carbocycles. The van der Waals surface area contributed by atoms with Crippen molar-refractivity contribution in [1.82, 2.24) is 4.98 Å². The van der Waals surface area contributed by atoms with Crippen molar-refractivity contribution in [2.75, 3.05) is 11.6 Å². The van der Waals surface area contributed by atoms with Crippen molar-refractivity contribution >= 4 is 23.3 Å². The van der Waals surface area contributed by atoms with E-state index in [1.165, 1.54) is 4.90 Å². The van der Waals surface area contributed by atoms with Crippen LogP contribution in [0.1, 0.15) is 5.56 Å². The van der Waals surface area contributed by atoms with E-state index in [1.54, 1.807) is 30.1 Å². The Labute approximate surface area is 105 Å². The minimum atomic E-state index is 0.563. The highest BCUT2D eigenvalue weighted by Crippen LogP contribution is 2.21. The van der Waals surface area contributed by atoms with Gasteiger partial charge in [-0.15, -0.1) is 11.8 Å². The van der Waals surface area contributed by atoms with Crippen molar-refractivity contribution in [2.24, 2.45) is 0 Å². The minimum absolute atomic E-state index is 0.563. The summed E-state index contributed by atoms with van der Waals surface area (Å²) in [6.45, 7) is 0. The third-order valence-corrected chi connectivity index (χ3v) is 2.96. The molecule has 0 aliphatic carbocycles. The molecule has 17 heavy (non-hydrogen) atoms. The predicted octanol–water partition coefficient (Wildman–Crippen LogP) is 3.42. The zero-order valence-electron chi connectivity index (χ0n) is 9.34. The number of nitriles is 1. The average molecular weight is 241 g/mol. The van der Waals surface area contributed by atoms with E-state index in [9.17, 15) is 0 Å². The topological polar surface area (TPSA) is 48.7 Å². The third-order valence-electron chi connectivity index (χ3n) is 2.23. The van der Waals surface area contributed by atoms with Crippen LogP contribution in [0.2, 0.25) is 0 Å². The Bertz CT molecular complexity index is 543. The number of nitrogens with zero attached hydrogens (tertiary/aromatic N) is 2. The molecule has 84 valence electrons. The lowest BCUT2D eigenvalue weighted by molar-refractivity contribution is 1.28. The van der Waals surface area contributed by atoms with Gasteiger partial charge in [0.05, 0.1) is 5.56 Å². The third kappa shape index (κ3) is 2.99. The van der Waals surface area contributed by atoms with E-state index in [0.717, 1.165) is 11.5 Å². The highest BCUT2D eigenvalue weighted by Gasteiger charge is 1.97. The molecule has 0 radical (unpaired) electrons. The van der Waals surface area contributed by atoms with E-state index in [4.69, 9.17) is 5.26 Å². The van der Waals surface area contributed by atoms with Crippen LogP contribution in [0.3, 0.4) is 0 Å². The van der Waals surface area contributed by atoms with E-state index in [2.05, 4.69) is 22.4 Å². The van der Waals surface area contributed by atoms with Crippen LogP contribution >= 0.6 is 11.8 Å². The first-order valence-electron chi connectivity index (χ1n) is 5.09. The fourth-order valence-corrected chi connectivity index (χ4v) is 1.84. The Kier molecular flexibility index (Phi) is 3.63. The summed E-state index contributed by atoms with van der Waals surface area (Å²) in [5.41, 5.74) is 1.56. The van der Waals surface area contributed by atoms with E-state index >= 15 is 0 Å². The normalized spacial score (nSPS) is 9.65. The molecule has 2 aromatic rings. The molecule has 0 unspecified atom stereocenters. The zero-order chi connectivity index (χ0) is 12.1. The van der Waals surface area contributed by atoms with Crippen LogP contribution in [0.25, 0.3) is 0 Å². The lowest BCUT2D eigenvalue weighted by atomic mass is 10.3. The fraction of sp³-hybridized carbons (Fsp3) is 0.0769. The van der Waals surface area contributed by atoms with Crippen molar-refractivity contribution < 1.29 is 0 Å². The summed E-state index contributed by atoms with van der Waals surface area (Å²) in [6, 6.07) is 13.7. The second-order valence-electron chi connectivity index (χ2n) is 3.40. The number of hydrogen-bond donors (Lipinski definition) is 1. The Morgan fingerprint density at radius 2 is 2.18 bits per heavy atom. The molecule has 1 heterocycles. The minimum Gasteiger partial charge on any atom is -0.340 e. The van der Waals surface area contributed by atoms with Crippen molar-refractivity contribution in [3.05, 3.63) is 48.2 Å². The molecule has 0 aliphatic rings. The maximum atomic E-state index is 8.67. The number of anilines is 2. The van der Waals surface area contributed by atoms with Crippen LogP contribution in [-0.2, 0) is 0 Å². The standard InChI is InChI=1S/C13H11N3S/c1-17-12-4-2-3-11(7-12)16-13-6-5-10(8-14)9-15-13/h2-7,9H,1H3,(H,15,16). The lowest BCUT2D eigenvalue weighted by Gasteiger charge is -2.06. The molecular weight excluding hydrogens is 230 g/mol. The first-order valence-corrected chi connectivity index (χ1v) is 6.31. The molecule has 1 aromatic carbocycles. The fourth-order valence-electron chi connectivity index (χ4n) is 1.38. The molecule has 0 spiro atoms. The SMILES string of the molecule is CSc1cccc(Nc2ccc(C#N)cn2)c1. The van der Waals surface area contributed by atoms with Gasteiger partial charge in [0, 0.05) is 16.8 Å². The molecule has 1 aromatic heterocycles. The van der Waals surface area contributed by atoms with Gasteiger partial charge in [0.25, 0.3) is 0 Å². The van der Waals surface area contributed by atoms with Crippen LogP contribution in [0.4, 0.5) is 11.5 Å². The zero-order valence-corrected chi connectivity index (χ0v) is 10.2. The largest absolute Gasteiger partial charge is 0.340 e. The summed E-state index contributed by atoms with van der Waals surface area (Å²) in [5.74, 6) is 0.738. The molecule has 4 heteroatoms. The van der Waals surface area contributed by atoms with Gasteiger partial charge in [0.15, 0.2) is 0 Å². The lowest BCUT2D eigenvalue weighted by Crippen LogP contribution is -1.93. The number of aromatic nitrogens is 1. The van der Waals surface area contributed by atoms with Crippen LogP contribution < -0.4 is 5.32 Å². The predicted molar refractivity (Wildman–Crippen MR) is 70.5 cm³/mol. The van der Waals surface area contributed by atoms with Gasteiger partial charge in [-0.05, 0) is 36.6 Å². The highest BCUT2D eigenvalue weighted by molar-refractivity contribution is 7.98. The Hall–Kier alpha value is -1.99. The second kappa shape index (κ2) is 5.37. The van der Waals surface area contributed by atoms with Gasteiger partial charge in [-0.1, -0.05) is 6.07 Å². The van der Waals surface area contributed by atoms with Crippen molar-refractivity contribution in [3.8, 4) is 6.07 Å². The van der Waals surface area contributed by atoms with Gasteiger partial charge in [-0.2, -0.15) is 5.26 Å². The first kappa shape index (κ1) is 11.5. The van der Waals surface area contributed by atoms with Crippen molar-refractivity contribution in [3.63, 3.8) is 0 Å². The number of thioether (sulfide) groups is 1. The van der Waals surface area contributed by atoms with Gasteiger partial charge in [0.2, 0.25) is 0 Å². The van der Waals surface area contributed by atoms with Gasteiger partial charge >= 0.3 is 0 Å². The molecule has 0 amide bonds. The van der Waals surface area contributed by atoms with Crippen LogP contribution in [0, 0.1) is 11.3 Å². The summed E-state index contributed by atoms with van der Waals surface area (Å²) >= 11 is 1.70. The number of pyridine rings is 1. The quantitative estimate of drug-likeness (QED) is 0.836. The smallest absolute Gasteiger partial charge is 0.130 e. The van der Waals surface area contributed by atoms with Crippen LogP contribution in [0.15, 0.2) is 47.5 Å². The Balaban J connectivity index is 2.16. The summed E-state index contributed by atoms with van der Waals surface area (Å²) < 4.78 is 0. The molecule has 2 rings (SSSR count). The van der Waals surface area contributed by atoms with Crippen molar-refractivity contribution in [2.45, 2.75) is 4.90 Å². The average Bonchev–Trinajstić information content (AvgIpc) is 2.40. The molecule has 0 bridgehead atoms. The molecule has 1 N–H and O–H groups in total. The van der Waals surface area contributed by atoms with Gasteiger partial charge < -0.3 is 5.32 Å². The van der Waals surface area contributed by atoms with Crippen LogP contribution in [0.5, 0.6) is 0 Å². The van der Waals surface area contributed by atoms with Gasteiger partial charge in [-0.25, -0.2) is 4.98 Å². The summed E-state index contributed by atoms with van der Waals surface area (Å²) in [5, 5.41) is 11.9. The molecular formula is C13H11N3S. The molecule has 0 atom stereocenters. The van der Waals surface area contributed by atoms with E-state index in [1.807, 2.05) is 24.5 Å². The molecule has 3 nitrogen and oxygen atoms in total. The Morgan fingerprint density at radius 3 is 2.82 bits per heavy atom. The summed E-state index contributed by atoms with van der Waals surface area (Å²) in [6.07, 6.45) is 3.60.